The van der Waals surface area contributed by atoms with Crippen molar-refractivity contribution in [3.05, 3.63) is 99.7 Å². The van der Waals surface area contributed by atoms with E-state index >= 15 is 0 Å². The number of anilines is 3. The number of carbonyl (C=O) groups excluding carboxylic acids is 3. The number of aromatic nitrogens is 2. The average molecular weight is 700 g/mol. The van der Waals surface area contributed by atoms with E-state index in [0.29, 0.717) is 42.1 Å². The molecule has 3 aromatic carbocycles. The van der Waals surface area contributed by atoms with Crippen molar-refractivity contribution < 1.29 is 19.1 Å². The third-order valence-electron chi connectivity index (χ3n) is 8.53. The number of para-hydroxylation sites is 1. The molecule has 0 fully saturated rings. The Morgan fingerprint density at radius 1 is 0.820 bits per heavy atom. The number of nitrogens with one attached hydrogen (secondary N) is 2. The van der Waals surface area contributed by atoms with Gasteiger partial charge in [0.15, 0.2) is 0 Å². The lowest BCUT2D eigenvalue weighted by molar-refractivity contribution is 0.0768. The van der Waals surface area contributed by atoms with Crippen LogP contribution in [0, 0.1) is 13.8 Å². The van der Waals surface area contributed by atoms with E-state index in [1.54, 1.807) is 53.2 Å². The number of rotatable bonds is 15. The van der Waals surface area contributed by atoms with E-state index in [-0.39, 0.29) is 40.0 Å². The summed E-state index contributed by atoms with van der Waals surface area (Å²) < 4.78 is 6.16. The molecule has 0 atom stereocenters. The van der Waals surface area contributed by atoms with E-state index in [1.807, 2.05) is 45.9 Å². The molecule has 0 unspecified atom stereocenters. The number of carbonyl (C=O) groups is 3. The summed E-state index contributed by atoms with van der Waals surface area (Å²) >= 11 is 6.61. The summed E-state index contributed by atoms with van der Waals surface area (Å²) in [6, 6.07) is 17.5. The normalized spacial score (nSPS) is 10.9. The van der Waals surface area contributed by atoms with Crippen molar-refractivity contribution in [1.29, 1.82) is 0 Å². The van der Waals surface area contributed by atoms with Crippen molar-refractivity contribution in [2.24, 2.45) is 0 Å². The Hall–Kier alpha value is -5.00. The first kappa shape index (κ1) is 37.8. The minimum Gasteiger partial charge on any atom is -0.436 e. The van der Waals surface area contributed by atoms with Gasteiger partial charge in [0.2, 0.25) is 11.8 Å². The van der Waals surface area contributed by atoms with E-state index in [2.05, 4.69) is 39.3 Å². The van der Waals surface area contributed by atoms with E-state index in [1.165, 1.54) is 12.3 Å². The summed E-state index contributed by atoms with van der Waals surface area (Å²) in [7, 11) is 1.80. The second kappa shape index (κ2) is 17.6. The molecule has 264 valence electrons. The van der Waals surface area contributed by atoms with Crippen molar-refractivity contribution >= 4 is 46.6 Å². The number of nitrogens with zero attached hydrogens (tertiary/aromatic N) is 5. The molecule has 1 heterocycles. The van der Waals surface area contributed by atoms with E-state index in [9.17, 15) is 14.4 Å². The van der Waals surface area contributed by atoms with Crippen LogP contribution in [0.1, 0.15) is 69.9 Å². The third kappa shape index (κ3) is 9.36. The molecule has 0 bridgehead atoms. The highest BCUT2D eigenvalue weighted by Gasteiger charge is 2.21. The Labute approximate surface area is 299 Å². The molecule has 0 saturated heterocycles. The molecule has 4 rings (SSSR count). The van der Waals surface area contributed by atoms with Crippen molar-refractivity contribution in [3.63, 3.8) is 0 Å². The first-order valence-corrected chi connectivity index (χ1v) is 17.2. The fourth-order valence-electron chi connectivity index (χ4n) is 5.35. The van der Waals surface area contributed by atoms with E-state index < -0.39 is 5.91 Å². The summed E-state index contributed by atoms with van der Waals surface area (Å²) in [4.78, 5) is 54.2. The molecule has 2 N–H and O–H groups in total. The number of halogens is 1. The molecular formula is C38H46ClN7O4. The van der Waals surface area contributed by atoms with Gasteiger partial charge in [-0.15, -0.1) is 0 Å². The van der Waals surface area contributed by atoms with Crippen LogP contribution in [0.2, 0.25) is 5.02 Å². The molecule has 0 aliphatic carbocycles. The Morgan fingerprint density at radius 2 is 1.46 bits per heavy atom. The van der Waals surface area contributed by atoms with Crippen LogP contribution in [0.25, 0.3) is 0 Å². The third-order valence-corrected chi connectivity index (χ3v) is 8.83. The zero-order valence-electron chi connectivity index (χ0n) is 29.8. The van der Waals surface area contributed by atoms with Gasteiger partial charge in [0.1, 0.15) is 11.3 Å². The zero-order valence-corrected chi connectivity index (χ0v) is 30.6. The largest absolute Gasteiger partial charge is 0.436 e. The van der Waals surface area contributed by atoms with Crippen LogP contribution < -0.4 is 15.4 Å². The quantitative estimate of drug-likeness (QED) is 0.132. The Balaban J connectivity index is 1.60. The lowest BCUT2D eigenvalue weighted by Crippen LogP contribution is -2.36. The average Bonchev–Trinajstić information content (AvgIpc) is 3.11. The SMILES string of the molecule is CCN(CC)CCN(C)C(=O)c1ccc(Nc2ncc(C(=O)Nc3c(C)cccc3C)c(Oc3ccc(C(=O)N(CC)CC)cc3Cl)n2)cc1. The van der Waals surface area contributed by atoms with E-state index in [0.717, 1.165) is 30.8 Å². The molecule has 0 spiro atoms. The first-order valence-electron chi connectivity index (χ1n) is 16.9. The van der Waals surface area contributed by atoms with Crippen LogP contribution in [0.3, 0.4) is 0 Å². The first-order chi connectivity index (χ1) is 24.0. The molecule has 12 heteroatoms. The van der Waals surface area contributed by atoms with Gasteiger partial charge in [-0.25, -0.2) is 4.98 Å². The maximum absolute atomic E-state index is 13.6. The fourth-order valence-corrected chi connectivity index (χ4v) is 5.56. The standard InChI is InChI=1S/C38H46ClN7O4/c1-8-45(9-2)22-21-44(7)36(48)27-15-18-29(19-16-27)41-38-40-24-30(34(47)42-33-25(5)13-12-14-26(33)6)35(43-38)50-32-20-17-28(23-31(32)39)37(49)46(10-3)11-4/h12-20,23-24H,8-11,21-22H2,1-7H3,(H,42,47)(H,40,41,43). The summed E-state index contributed by atoms with van der Waals surface area (Å²) in [5.74, 6) is -0.370. The van der Waals surface area contributed by atoms with Gasteiger partial charge in [0.05, 0.1) is 5.02 Å². The number of hydrogen-bond donors (Lipinski definition) is 2. The Kier molecular flexibility index (Phi) is 13.3. The highest BCUT2D eigenvalue weighted by molar-refractivity contribution is 6.32. The van der Waals surface area contributed by atoms with Crippen LogP contribution >= 0.6 is 11.6 Å². The number of benzene rings is 3. The van der Waals surface area contributed by atoms with Crippen LogP contribution in [-0.2, 0) is 0 Å². The molecular weight excluding hydrogens is 654 g/mol. The van der Waals surface area contributed by atoms with Crippen molar-refractivity contribution in [2.75, 3.05) is 56.9 Å². The Bertz CT molecular complexity index is 1790. The zero-order chi connectivity index (χ0) is 36.4. The van der Waals surface area contributed by atoms with Crippen LogP contribution in [0.15, 0.2) is 66.9 Å². The minimum atomic E-state index is -0.471. The predicted molar refractivity (Wildman–Crippen MR) is 199 cm³/mol. The molecule has 0 saturated carbocycles. The molecule has 1 aromatic heterocycles. The highest BCUT2D eigenvalue weighted by atomic mass is 35.5. The molecule has 50 heavy (non-hydrogen) atoms. The molecule has 3 amide bonds. The van der Waals surface area contributed by atoms with Gasteiger partial charge in [-0.3, -0.25) is 14.4 Å². The topological polar surface area (TPSA) is 120 Å². The van der Waals surface area contributed by atoms with Crippen molar-refractivity contribution in [3.8, 4) is 11.6 Å². The van der Waals surface area contributed by atoms with Gasteiger partial charge in [0, 0.05) is 61.9 Å². The molecule has 0 radical (unpaired) electrons. The van der Waals surface area contributed by atoms with Crippen molar-refractivity contribution in [2.45, 2.75) is 41.5 Å². The Morgan fingerprint density at radius 3 is 2.06 bits per heavy atom. The van der Waals surface area contributed by atoms with Gasteiger partial charge < -0.3 is 30.1 Å². The second-order valence-corrected chi connectivity index (χ2v) is 12.2. The summed E-state index contributed by atoms with van der Waals surface area (Å²) in [5.41, 5.74) is 4.15. The van der Waals surface area contributed by atoms with Crippen LogP contribution in [-0.4, -0.2) is 88.7 Å². The highest BCUT2D eigenvalue weighted by Crippen LogP contribution is 2.33. The minimum absolute atomic E-state index is 0.0439. The fraction of sp³-hybridized carbons (Fsp3) is 0.342. The second-order valence-electron chi connectivity index (χ2n) is 11.8. The molecule has 4 aromatic rings. The van der Waals surface area contributed by atoms with Crippen molar-refractivity contribution in [1.82, 2.24) is 24.7 Å². The molecule has 0 aliphatic heterocycles. The van der Waals surface area contributed by atoms with Gasteiger partial charge in [-0.2, -0.15) is 4.98 Å². The molecule has 11 nitrogen and oxygen atoms in total. The monoisotopic (exact) mass is 699 g/mol. The van der Waals surface area contributed by atoms with Gasteiger partial charge in [-0.1, -0.05) is 43.6 Å². The maximum Gasteiger partial charge on any atom is 0.262 e. The predicted octanol–water partition coefficient (Wildman–Crippen LogP) is 7.43. The van der Waals surface area contributed by atoms with Crippen LogP contribution in [0.4, 0.5) is 17.3 Å². The smallest absolute Gasteiger partial charge is 0.262 e. The number of ether oxygens (including phenoxy) is 1. The van der Waals surface area contributed by atoms with Crippen LogP contribution in [0.5, 0.6) is 11.6 Å². The lowest BCUT2D eigenvalue weighted by atomic mass is 10.1. The summed E-state index contributed by atoms with van der Waals surface area (Å²) in [5, 5.41) is 6.27. The van der Waals surface area contributed by atoms with Gasteiger partial charge in [-0.05, 0) is 94.4 Å². The maximum atomic E-state index is 13.6. The number of hydrogen-bond acceptors (Lipinski definition) is 8. The number of aryl methyl sites for hydroxylation is 2. The number of likely N-dealkylation sites (N-methyl/N-ethyl adjacent to an activating group) is 2. The lowest BCUT2D eigenvalue weighted by Gasteiger charge is -2.23. The van der Waals surface area contributed by atoms with Gasteiger partial charge in [0.25, 0.3) is 17.7 Å². The number of amides is 3. The van der Waals surface area contributed by atoms with Gasteiger partial charge >= 0.3 is 0 Å². The summed E-state index contributed by atoms with van der Waals surface area (Å²) in [6.07, 6.45) is 1.38. The van der Waals surface area contributed by atoms with E-state index in [4.69, 9.17) is 16.3 Å². The summed E-state index contributed by atoms with van der Waals surface area (Å²) in [6.45, 7) is 16.3. The molecule has 0 aliphatic rings.